The summed E-state index contributed by atoms with van der Waals surface area (Å²) in [6, 6.07) is 10.1. The first-order valence-electron chi connectivity index (χ1n) is 8.98. The first kappa shape index (κ1) is 22.5. The lowest BCUT2D eigenvalue weighted by atomic mass is 10.1. The molecule has 0 bridgehead atoms. The molecule has 6 nitrogen and oxygen atoms in total. The lowest BCUT2D eigenvalue weighted by Crippen LogP contribution is -2.46. The van der Waals surface area contributed by atoms with Crippen LogP contribution in [0.3, 0.4) is 0 Å². The predicted octanol–water partition coefficient (Wildman–Crippen LogP) is 2.97. The number of amides is 1. The van der Waals surface area contributed by atoms with Gasteiger partial charge >= 0.3 is 0 Å². The highest BCUT2D eigenvalue weighted by Gasteiger charge is 2.21. The van der Waals surface area contributed by atoms with Crippen molar-refractivity contribution in [2.24, 2.45) is 4.99 Å². The molecule has 152 valence electrons. The molecular weight excluding hydrogens is 487 g/mol. The highest BCUT2D eigenvalue weighted by atomic mass is 127. The van der Waals surface area contributed by atoms with E-state index in [2.05, 4.69) is 21.8 Å². The van der Waals surface area contributed by atoms with Gasteiger partial charge in [0, 0.05) is 38.6 Å². The fraction of sp³-hybridized carbons (Fsp3) is 0.400. The van der Waals surface area contributed by atoms with Gasteiger partial charge in [0.05, 0.1) is 13.7 Å². The zero-order chi connectivity index (χ0) is 19.2. The summed E-state index contributed by atoms with van der Waals surface area (Å²) in [6.45, 7) is 2.44. The average molecular weight is 514 g/mol. The normalized spacial score (nSPS) is 13.4. The minimum atomic E-state index is 0. The van der Waals surface area contributed by atoms with E-state index in [9.17, 15) is 4.79 Å². The van der Waals surface area contributed by atoms with Gasteiger partial charge in [-0.1, -0.05) is 12.1 Å². The van der Waals surface area contributed by atoms with Crippen LogP contribution in [0.4, 0.5) is 0 Å². The molecule has 1 aliphatic rings. The molecule has 0 aliphatic carbocycles. The average Bonchev–Trinajstić information content (AvgIpc) is 3.16. The van der Waals surface area contributed by atoms with E-state index in [1.165, 1.54) is 10.4 Å². The molecule has 0 radical (unpaired) electrons. The highest BCUT2D eigenvalue weighted by Crippen LogP contribution is 2.23. The van der Waals surface area contributed by atoms with Gasteiger partial charge < -0.3 is 19.9 Å². The number of nitrogens with one attached hydrogen (secondary N) is 1. The highest BCUT2D eigenvalue weighted by molar-refractivity contribution is 14.0. The first-order chi connectivity index (χ1) is 13.1. The summed E-state index contributed by atoms with van der Waals surface area (Å²) < 4.78 is 5.19. The van der Waals surface area contributed by atoms with Crippen LogP contribution in [0.5, 0.6) is 5.75 Å². The number of thiophene rings is 1. The summed E-state index contributed by atoms with van der Waals surface area (Å²) in [5.41, 5.74) is 2.43. The topological polar surface area (TPSA) is 57.2 Å². The summed E-state index contributed by atoms with van der Waals surface area (Å²) in [6.07, 6.45) is 0.949. The molecule has 1 amide bonds. The number of nitrogens with zero attached hydrogens (tertiary/aromatic N) is 3. The van der Waals surface area contributed by atoms with Crippen LogP contribution in [-0.2, 0) is 24.3 Å². The third kappa shape index (κ3) is 5.60. The molecule has 28 heavy (non-hydrogen) atoms. The molecule has 1 N–H and O–H groups in total. The fourth-order valence-corrected chi connectivity index (χ4v) is 4.08. The van der Waals surface area contributed by atoms with Crippen molar-refractivity contribution in [2.45, 2.75) is 19.5 Å². The number of hydrogen-bond acceptors (Lipinski definition) is 4. The molecule has 2 aromatic rings. The fourth-order valence-electron chi connectivity index (χ4n) is 3.19. The van der Waals surface area contributed by atoms with Gasteiger partial charge in [0.25, 0.3) is 0 Å². The van der Waals surface area contributed by atoms with Gasteiger partial charge in [-0.25, -0.2) is 0 Å². The molecule has 1 aliphatic heterocycles. The van der Waals surface area contributed by atoms with E-state index < -0.39 is 0 Å². The van der Waals surface area contributed by atoms with E-state index >= 15 is 0 Å². The van der Waals surface area contributed by atoms with Crippen molar-refractivity contribution in [3.63, 3.8) is 0 Å². The van der Waals surface area contributed by atoms with Gasteiger partial charge in [-0.05, 0) is 41.1 Å². The Kier molecular flexibility index (Phi) is 8.56. The van der Waals surface area contributed by atoms with E-state index in [1.54, 1.807) is 25.5 Å². The third-order valence-corrected chi connectivity index (χ3v) is 5.73. The summed E-state index contributed by atoms with van der Waals surface area (Å²) in [5, 5.41) is 5.29. The smallest absolute Gasteiger partial charge is 0.242 e. The van der Waals surface area contributed by atoms with Crippen LogP contribution in [0, 0.1) is 0 Å². The Labute approximate surface area is 187 Å². The quantitative estimate of drug-likeness (QED) is 0.379. The van der Waals surface area contributed by atoms with Crippen LogP contribution < -0.4 is 10.1 Å². The molecule has 0 saturated carbocycles. The first-order valence-corrected chi connectivity index (χ1v) is 9.86. The number of carbonyl (C=O) groups excluding carboxylic acids is 1. The Hall–Kier alpha value is -1.81. The van der Waals surface area contributed by atoms with E-state index in [1.807, 2.05) is 41.1 Å². The SMILES string of the molecule is CN=C(NCC(=O)N1CCc2sccc2C1)N(C)Cc1ccc(OC)cc1.I. The van der Waals surface area contributed by atoms with Crippen molar-refractivity contribution in [1.82, 2.24) is 15.1 Å². The number of fused-ring (bicyclic) bond motifs is 1. The maximum atomic E-state index is 12.6. The Bertz CT molecular complexity index is 807. The standard InChI is InChI=1S/C20H26N4O2S.HI/c1-21-20(23(2)13-15-4-6-17(26-3)7-5-15)22-12-19(25)24-10-8-18-16(14-24)9-11-27-18;/h4-7,9,11H,8,10,12-14H2,1-3H3,(H,21,22);1H. The number of methoxy groups -OCH3 is 1. The van der Waals surface area contributed by atoms with Crippen molar-refractivity contribution in [2.75, 3.05) is 34.3 Å². The van der Waals surface area contributed by atoms with E-state index in [4.69, 9.17) is 4.74 Å². The van der Waals surface area contributed by atoms with Crippen molar-refractivity contribution in [3.05, 3.63) is 51.7 Å². The molecule has 1 aromatic heterocycles. The summed E-state index contributed by atoms with van der Waals surface area (Å²) in [5.74, 6) is 1.64. The van der Waals surface area contributed by atoms with E-state index in [0.29, 0.717) is 19.0 Å². The summed E-state index contributed by atoms with van der Waals surface area (Å²) in [7, 11) is 5.35. The van der Waals surface area contributed by atoms with Gasteiger partial charge in [0.1, 0.15) is 5.75 Å². The zero-order valence-corrected chi connectivity index (χ0v) is 19.6. The minimum absolute atomic E-state index is 0. The lowest BCUT2D eigenvalue weighted by molar-refractivity contribution is -0.130. The molecule has 1 aromatic carbocycles. The second kappa shape index (κ2) is 10.7. The van der Waals surface area contributed by atoms with Crippen LogP contribution in [-0.4, -0.2) is 56.0 Å². The second-order valence-electron chi connectivity index (χ2n) is 6.54. The monoisotopic (exact) mass is 514 g/mol. The molecular formula is C20H27IN4O2S. The van der Waals surface area contributed by atoms with Crippen LogP contribution in [0.25, 0.3) is 0 Å². The van der Waals surface area contributed by atoms with E-state index in [0.717, 1.165) is 24.3 Å². The summed E-state index contributed by atoms with van der Waals surface area (Å²) >= 11 is 1.78. The van der Waals surface area contributed by atoms with Gasteiger partial charge in [0.15, 0.2) is 5.96 Å². The minimum Gasteiger partial charge on any atom is -0.497 e. The third-order valence-electron chi connectivity index (χ3n) is 4.71. The maximum absolute atomic E-state index is 12.6. The molecule has 0 atom stereocenters. The van der Waals surface area contributed by atoms with E-state index in [-0.39, 0.29) is 36.4 Å². The Balaban J connectivity index is 0.00000280. The van der Waals surface area contributed by atoms with Gasteiger partial charge in [-0.2, -0.15) is 0 Å². The number of hydrogen-bond donors (Lipinski definition) is 1. The van der Waals surface area contributed by atoms with Crippen LogP contribution in [0.15, 0.2) is 40.7 Å². The lowest BCUT2D eigenvalue weighted by Gasteiger charge is -2.28. The molecule has 2 heterocycles. The number of benzene rings is 1. The number of halogens is 1. The number of rotatable bonds is 5. The molecule has 0 unspecified atom stereocenters. The Morgan fingerprint density at radius 1 is 1.32 bits per heavy atom. The van der Waals surface area contributed by atoms with Crippen LogP contribution in [0.1, 0.15) is 16.0 Å². The molecule has 8 heteroatoms. The van der Waals surface area contributed by atoms with Crippen molar-refractivity contribution in [1.29, 1.82) is 0 Å². The number of guanidine groups is 1. The largest absolute Gasteiger partial charge is 0.497 e. The maximum Gasteiger partial charge on any atom is 0.242 e. The molecule has 0 saturated heterocycles. The van der Waals surface area contributed by atoms with Crippen LogP contribution in [0.2, 0.25) is 0 Å². The number of carbonyl (C=O) groups is 1. The van der Waals surface area contributed by atoms with Gasteiger partial charge in [-0.3, -0.25) is 9.79 Å². The Morgan fingerprint density at radius 3 is 2.75 bits per heavy atom. The molecule has 3 rings (SSSR count). The van der Waals surface area contributed by atoms with Crippen molar-refractivity contribution >= 4 is 47.2 Å². The second-order valence-corrected chi connectivity index (χ2v) is 7.54. The number of aliphatic imine (C=N–C) groups is 1. The van der Waals surface area contributed by atoms with Crippen molar-refractivity contribution < 1.29 is 9.53 Å². The molecule has 0 spiro atoms. The van der Waals surface area contributed by atoms with Crippen LogP contribution >= 0.6 is 35.3 Å². The van der Waals surface area contributed by atoms with Gasteiger partial charge in [-0.15, -0.1) is 35.3 Å². The Morgan fingerprint density at radius 2 is 2.07 bits per heavy atom. The van der Waals surface area contributed by atoms with Crippen molar-refractivity contribution in [3.8, 4) is 5.75 Å². The molecule has 0 fully saturated rings. The summed E-state index contributed by atoms with van der Waals surface area (Å²) in [4.78, 5) is 22.2. The predicted molar refractivity (Wildman–Crippen MR) is 125 cm³/mol. The van der Waals surface area contributed by atoms with Gasteiger partial charge in [0.2, 0.25) is 5.91 Å². The number of ether oxygens (including phenoxy) is 1. The zero-order valence-electron chi connectivity index (χ0n) is 16.5.